The number of thiophene rings is 1. The van der Waals surface area contributed by atoms with Crippen molar-refractivity contribution in [2.75, 3.05) is 6.61 Å². The van der Waals surface area contributed by atoms with Gasteiger partial charge in [0.05, 0.1) is 4.88 Å². The van der Waals surface area contributed by atoms with E-state index in [9.17, 15) is 9.90 Å². The molecule has 100 valence electrons. The number of aryl methyl sites for hydroxylation is 1. The molecule has 1 aliphatic rings. The maximum Gasteiger partial charge on any atom is 0.261 e. The number of nitrogens with one attached hydrogen (secondary N) is 1. The number of hydrogen-bond donors (Lipinski definition) is 2. The van der Waals surface area contributed by atoms with Gasteiger partial charge in [-0.05, 0) is 31.4 Å². The predicted octanol–water partition coefficient (Wildman–Crippen LogP) is 2.59. The minimum atomic E-state index is 0.0186. The van der Waals surface area contributed by atoms with E-state index >= 15 is 0 Å². The second kappa shape index (κ2) is 6.34. The number of aliphatic hydroxyl groups is 1. The van der Waals surface area contributed by atoms with E-state index < -0.39 is 0 Å². The molecule has 2 atom stereocenters. The van der Waals surface area contributed by atoms with Gasteiger partial charge < -0.3 is 10.4 Å². The Kier molecular flexibility index (Phi) is 4.78. The van der Waals surface area contributed by atoms with E-state index in [1.807, 2.05) is 12.1 Å². The zero-order valence-corrected chi connectivity index (χ0v) is 11.6. The van der Waals surface area contributed by atoms with E-state index in [0.29, 0.717) is 0 Å². The summed E-state index contributed by atoms with van der Waals surface area (Å²) >= 11 is 1.56. The molecule has 3 nitrogen and oxygen atoms in total. The molecule has 1 aromatic rings. The van der Waals surface area contributed by atoms with Crippen LogP contribution >= 0.6 is 11.3 Å². The number of carbonyl (C=O) groups excluding carboxylic acids is 1. The van der Waals surface area contributed by atoms with Gasteiger partial charge in [-0.15, -0.1) is 11.3 Å². The van der Waals surface area contributed by atoms with Crippen LogP contribution in [-0.4, -0.2) is 23.7 Å². The summed E-state index contributed by atoms with van der Waals surface area (Å²) in [6, 6.07) is 4.06. The van der Waals surface area contributed by atoms with Crippen LogP contribution in [0.3, 0.4) is 0 Å². The van der Waals surface area contributed by atoms with Crippen molar-refractivity contribution in [3.8, 4) is 0 Å². The fourth-order valence-electron chi connectivity index (χ4n) is 2.55. The predicted molar refractivity (Wildman–Crippen MR) is 74.0 cm³/mol. The summed E-state index contributed by atoms with van der Waals surface area (Å²) < 4.78 is 0. The first kappa shape index (κ1) is 13.6. The van der Waals surface area contributed by atoms with E-state index in [4.69, 9.17) is 0 Å². The molecule has 18 heavy (non-hydrogen) atoms. The molecule has 1 aliphatic carbocycles. The molecule has 0 spiro atoms. The van der Waals surface area contributed by atoms with Crippen molar-refractivity contribution in [1.29, 1.82) is 0 Å². The SMILES string of the molecule is CCc1ccc(C(=O)NC2CCCCC2CO)s1. The maximum absolute atomic E-state index is 12.1. The van der Waals surface area contributed by atoms with Crippen LogP contribution in [0.4, 0.5) is 0 Å². The largest absolute Gasteiger partial charge is 0.396 e. The van der Waals surface area contributed by atoms with E-state index in [1.165, 1.54) is 4.88 Å². The Bertz CT molecular complexity index is 402. The molecule has 0 aromatic carbocycles. The molecule has 4 heteroatoms. The summed E-state index contributed by atoms with van der Waals surface area (Å²) in [5.74, 6) is 0.248. The van der Waals surface area contributed by atoms with Crippen LogP contribution in [-0.2, 0) is 6.42 Å². The van der Waals surface area contributed by atoms with Gasteiger partial charge >= 0.3 is 0 Å². The molecule has 2 rings (SSSR count). The Labute approximate surface area is 112 Å². The van der Waals surface area contributed by atoms with Crippen LogP contribution in [0.25, 0.3) is 0 Å². The molecule has 1 heterocycles. The van der Waals surface area contributed by atoms with Crippen LogP contribution in [0.5, 0.6) is 0 Å². The Morgan fingerprint density at radius 3 is 2.89 bits per heavy atom. The van der Waals surface area contributed by atoms with Crippen molar-refractivity contribution in [1.82, 2.24) is 5.32 Å². The highest BCUT2D eigenvalue weighted by atomic mass is 32.1. The number of hydrogen-bond acceptors (Lipinski definition) is 3. The fourth-order valence-corrected chi connectivity index (χ4v) is 3.40. The van der Waals surface area contributed by atoms with Gasteiger partial charge in [-0.2, -0.15) is 0 Å². The van der Waals surface area contributed by atoms with E-state index in [-0.39, 0.29) is 24.5 Å². The van der Waals surface area contributed by atoms with Crippen molar-refractivity contribution in [2.45, 2.75) is 45.1 Å². The minimum absolute atomic E-state index is 0.0186. The second-order valence-corrected chi connectivity index (χ2v) is 6.09. The van der Waals surface area contributed by atoms with Crippen LogP contribution in [0.1, 0.15) is 47.2 Å². The molecule has 0 aliphatic heterocycles. The lowest BCUT2D eigenvalue weighted by Gasteiger charge is -2.30. The van der Waals surface area contributed by atoms with Crippen molar-refractivity contribution in [2.24, 2.45) is 5.92 Å². The molecular formula is C14H21NO2S. The van der Waals surface area contributed by atoms with Crippen molar-refractivity contribution < 1.29 is 9.90 Å². The Morgan fingerprint density at radius 1 is 1.44 bits per heavy atom. The van der Waals surface area contributed by atoms with Gasteiger partial charge in [-0.1, -0.05) is 19.8 Å². The number of carbonyl (C=O) groups is 1. The summed E-state index contributed by atoms with van der Waals surface area (Å²) in [7, 11) is 0. The molecule has 1 aromatic heterocycles. The zero-order chi connectivity index (χ0) is 13.0. The lowest BCUT2D eigenvalue weighted by atomic mass is 9.85. The van der Waals surface area contributed by atoms with Crippen LogP contribution in [0, 0.1) is 5.92 Å². The first-order chi connectivity index (χ1) is 8.74. The monoisotopic (exact) mass is 267 g/mol. The highest BCUT2D eigenvalue weighted by Gasteiger charge is 2.26. The minimum Gasteiger partial charge on any atom is -0.396 e. The van der Waals surface area contributed by atoms with Gasteiger partial charge in [0.15, 0.2) is 0 Å². The molecule has 2 unspecified atom stereocenters. The average molecular weight is 267 g/mol. The van der Waals surface area contributed by atoms with Crippen molar-refractivity contribution in [3.63, 3.8) is 0 Å². The zero-order valence-electron chi connectivity index (χ0n) is 10.8. The number of aliphatic hydroxyl groups excluding tert-OH is 1. The molecular weight excluding hydrogens is 246 g/mol. The topological polar surface area (TPSA) is 49.3 Å². The molecule has 1 fully saturated rings. The van der Waals surface area contributed by atoms with Gasteiger partial charge in [0.2, 0.25) is 0 Å². The first-order valence-electron chi connectivity index (χ1n) is 6.75. The molecule has 2 N–H and O–H groups in total. The standard InChI is InChI=1S/C14H21NO2S/c1-2-11-7-8-13(18-11)14(17)15-12-6-4-3-5-10(12)9-16/h7-8,10,12,16H,2-6,9H2,1H3,(H,15,17). The Balaban J connectivity index is 1.97. The van der Waals surface area contributed by atoms with Gasteiger partial charge in [0.25, 0.3) is 5.91 Å². The summed E-state index contributed by atoms with van der Waals surface area (Å²) in [6.45, 7) is 2.27. The van der Waals surface area contributed by atoms with Gasteiger partial charge in [0, 0.05) is 23.4 Å². The Morgan fingerprint density at radius 2 is 2.22 bits per heavy atom. The fraction of sp³-hybridized carbons (Fsp3) is 0.643. The van der Waals surface area contributed by atoms with Crippen molar-refractivity contribution >= 4 is 17.2 Å². The van der Waals surface area contributed by atoms with E-state index in [1.54, 1.807) is 11.3 Å². The van der Waals surface area contributed by atoms with Gasteiger partial charge in [-0.25, -0.2) is 0 Å². The maximum atomic E-state index is 12.1. The third kappa shape index (κ3) is 3.12. The van der Waals surface area contributed by atoms with Gasteiger partial charge in [0.1, 0.15) is 0 Å². The molecule has 0 radical (unpaired) electrons. The van der Waals surface area contributed by atoms with Crippen LogP contribution in [0.15, 0.2) is 12.1 Å². The normalized spacial score (nSPS) is 23.9. The lowest BCUT2D eigenvalue weighted by molar-refractivity contribution is 0.0876. The average Bonchev–Trinajstić information content (AvgIpc) is 2.88. The quantitative estimate of drug-likeness (QED) is 0.881. The summed E-state index contributed by atoms with van der Waals surface area (Å²) in [5.41, 5.74) is 0. The molecule has 0 bridgehead atoms. The highest BCUT2D eigenvalue weighted by Crippen LogP contribution is 2.25. The summed E-state index contributed by atoms with van der Waals surface area (Å²) in [5, 5.41) is 12.4. The first-order valence-corrected chi connectivity index (χ1v) is 7.56. The summed E-state index contributed by atoms with van der Waals surface area (Å²) in [4.78, 5) is 14.1. The number of rotatable bonds is 4. The second-order valence-electron chi connectivity index (χ2n) is 4.93. The Hall–Kier alpha value is -0.870. The van der Waals surface area contributed by atoms with Crippen LogP contribution < -0.4 is 5.32 Å². The van der Waals surface area contributed by atoms with Gasteiger partial charge in [-0.3, -0.25) is 4.79 Å². The lowest BCUT2D eigenvalue weighted by Crippen LogP contribution is -2.43. The third-order valence-electron chi connectivity index (χ3n) is 3.69. The summed E-state index contributed by atoms with van der Waals surface area (Å²) in [6.07, 6.45) is 5.29. The van der Waals surface area contributed by atoms with Crippen molar-refractivity contribution in [3.05, 3.63) is 21.9 Å². The van der Waals surface area contributed by atoms with Crippen LogP contribution in [0.2, 0.25) is 0 Å². The molecule has 1 saturated carbocycles. The number of amides is 1. The smallest absolute Gasteiger partial charge is 0.261 e. The van der Waals surface area contributed by atoms with E-state index in [2.05, 4.69) is 12.2 Å². The molecule has 1 amide bonds. The highest BCUT2D eigenvalue weighted by molar-refractivity contribution is 7.14. The third-order valence-corrected chi connectivity index (χ3v) is 4.92. The molecule has 0 saturated heterocycles. The van der Waals surface area contributed by atoms with E-state index in [0.717, 1.165) is 37.0 Å².